The molecule has 0 saturated heterocycles. The standard InChI is InChI=1S/C16H30N2O4/c1-6-7-14(19)17-12(8-10(2)3)15(20)18-13(16(21)22)9-11(4)5/h10-13H,6-9H2,1-5H3,(H,17,19)(H,18,20)(H,21,22)/t12-,13-/m0/s1. The predicted molar refractivity (Wildman–Crippen MR) is 85.3 cm³/mol. The number of hydrogen-bond acceptors (Lipinski definition) is 3. The molecule has 3 N–H and O–H groups in total. The van der Waals surface area contributed by atoms with Gasteiger partial charge in [0, 0.05) is 6.42 Å². The van der Waals surface area contributed by atoms with Crippen LogP contribution in [0.4, 0.5) is 0 Å². The van der Waals surface area contributed by atoms with Gasteiger partial charge >= 0.3 is 5.97 Å². The van der Waals surface area contributed by atoms with Crippen molar-refractivity contribution in [3.05, 3.63) is 0 Å². The molecule has 0 aromatic rings. The van der Waals surface area contributed by atoms with Gasteiger partial charge in [-0.3, -0.25) is 9.59 Å². The predicted octanol–water partition coefficient (Wildman–Crippen LogP) is 1.93. The van der Waals surface area contributed by atoms with E-state index in [0.29, 0.717) is 25.7 Å². The van der Waals surface area contributed by atoms with Gasteiger partial charge in [0.1, 0.15) is 12.1 Å². The molecule has 0 spiro atoms. The Morgan fingerprint density at radius 1 is 0.909 bits per heavy atom. The molecule has 0 bridgehead atoms. The second kappa shape index (κ2) is 10.2. The summed E-state index contributed by atoms with van der Waals surface area (Å²) < 4.78 is 0. The number of amides is 2. The van der Waals surface area contributed by atoms with Crippen LogP contribution in [0.1, 0.15) is 60.3 Å². The molecule has 0 aliphatic rings. The van der Waals surface area contributed by atoms with Crippen LogP contribution >= 0.6 is 0 Å². The molecule has 0 aromatic carbocycles. The van der Waals surface area contributed by atoms with Gasteiger partial charge in [-0.15, -0.1) is 0 Å². The van der Waals surface area contributed by atoms with Crippen molar-refractivity contribution in [2.24, 2.45) is 11.8 Å². The molecular weight excluding hydrogens is 284 g/mol. The highest BCUT2D eigenvalue weighted by atomic mass is 16.4. The zero-order chi connectivity index (χ0) is 17.3. The van der Waals surface area contributed by atoms with Gasteiger partial charge in [0.25, 0.3) is 0 Å². The van der Waals surface area contributed by atoms with Crippen LogP contribution in [0.15, 0.2) is 0 Å². The maximum Gasteiger partial charge on any atom is 0.326 e. The third-order valence-electron chi connectivity index (χ3n) is 3.16. The summed E-state index contributed by atoms with van der Waals surface area (Å²) in [5.74, 6) is -1.29. The maximum absolute atomic E-state index is 12.3. The van der Waals surface area contributed by atoms with Crippen LogP contribution in [-0.2, 0) is 14.4 Å². The number of carbonyl (C=O) groups is 3. The summed E-state index contributed by atoms with van der Waals surface area (Å²) in [5.41, 5.74) is 0. The fourth-order valence-corrected chi connectivity index (χ4v) is 2.16. The largest absolute Gasteiger partial charge is 0.480 e. The average Bonchev–Trinajstić information content (AvgIpc) is 2.36. The van der Waals surface area contributed by atoms with Gasteiger partial charge in [-0.25, -0.2) is 4.79 Å². The van der Waals surface area contributed by atoms with Crippen LogP contribution in [0.25, 0.3) is 0 Å². The second-order valence-electron chi connectivity index (χ2n) is 6.53. The van der Waals surface area contributed by atoms with Crippen LogP contribution in [0, 0.1) is 11.8 Å². The quantitative estimate of drug-likeness (QED) is 0.574. The highest BCUT2D eigenvalue weighted by Gasteiger charge is 2.27. The molecule has 128 valence electrons. The number of hydrogen-bond donors (Lipinski definition) is 3. The smallest absolute Gasteiger partial charge is 0.326 e. The van der Waals surface area contributed by atoms with E-state index < -0.39 is 24.0 Å². The molecule has 6 heteroatoms. The van der Waals surface area contributed by atoms with Crippen molar-refractivity contribution in [3.8, 4) is 0 Å². The van der Waals surface area contributed by atoms with E-state index in [-0.39, 0.29) is 17.7 Å². The molecule has 0 heterocycles. The molecule has 0 fully saturated rings. The van der Waals surface area contributed by atoms with Gasteiger partial charge in [-0.2, -0.15) is 0 Å². The van der Waals surface area contributed by atoms with E-state index >= 15 is 0 Å². The number of carboxylic acid groups (broad SMARTS) is 1. The van der Waals surface area contributed by atoms with Crippen molar-refractivity contribution in [1.82, 2.24) is 10.6 Å². The van der Waals surface area contributed by atoms with Gasteiger partial charge in [0.05, 0.1) is 0 Å². The van der Waals surface area contributed by atoms with Gasteiger partial charge in [-0.1, -0.05) is 34.6 Å². The fourth-order valence-electron chi connectivity index (χ4n) is 2.16. The van der Waals surface area contributed by atoms with E-state index in [9.17, 15) is 19.5 Å². The number of rotatable bonds is 10. The first-order valence-corrected chi connectivity index (χ1v) is 7.99. The summed E-state index contributed by atoms with van der Waals surface area (Å²) in [6, 6.07) is -1.61. The summed E-state index contributed by atoms with van der Waals surface area (Å²) >= 11 is 0. The molecule has 2 atom stereocenters. The van der Waals surface area contributed by atoms with E-state index in [4.69, 9.17) is 0 Å². The Labute approximate surface area is 133 Å². The van der Waals surface area contributed by atoms with Gasteiger partial charge in [-0.05, 0) is 31.1 Å². The van der Waals surface area contributed by atoms with Crippen molar-refractivity contribution in [1.29, 1.82) is 0 Å². The number of carbonyl (C=O) groups excluding carboxylic acids is 2. The zero-order valence-corrected chi connectivity index (χ0v) is 14.3. The lowest BCUT2D eigenvalue weighted by molar-refractivity contribution is -0.142. The Balaban J connectivity index is 4.85. The topological polar surface area (TPSA) is 95.5 Å². The van der Waals surface area contributed by atoms with Crippen molar-refractivity contribution >= 4 is 17.8 Å². The molecule has 0 radical (unpaired) electrons. The van der Waals surface area contributed by atoms with E-state index in [0.717, 1.165) is 0 Å². The third-order valence-corrected chi connectivity index (χ3v) is 3.16. The second-order valence-corrected chi connectivity index (χ2v) is 6.53. The fraction of sp³-hybridized carbons (Fsp3) is 0.812. The van der Waals surface area contributed by atoms with Crippen molar-refractivity contribution < 1.29 is 19.5 Å². The minimum Gasteiger partial charge on any atom is -0.480 e. The minimum atomic E-state index is -1.05. The number of aliphatic carboxylic acids is 1. The lowest BCUT2D eigenvalue weighted by Crippen LogP contribution is -2.52. The molecule has 6 nitrogen and oxygen atoms in total. The molecule has 0 saturated carbocycles. The Morgan fingerprint density at radius 2 is 1.41 bits per heavy atom. The molecule has 2 amide bonds. The first kappa shape index (κ1) is 20.4. The van der Waals surface area contributed by atoms with Crippen LogP contribution in [0.2, 0.25) is 0 Å². The Kier molecular flexibility index (Phi) is 9.45. The molecule has 0 rings (SSSR count). The normalized spacial score (nSPS) is 13.8. The Hall–Kier alpha value is -1.59. The highest BCUT2D eigenvalue weighted by Crippen LogP contribution is 2.09. The van der Waals surface area contributed by atoms with E-state index in [1.807, 2.05) is 34.6 Å². The van der Waals surface area contributed by atoms with Crippen LogP contribution in [0.3, 0.4) is 0 Å². The van der Waals surface area contributed by atoms with Gasteiger partial charge < -0.3 is 15.7 Å². The SMILES string of the molecule is CCCC(=O)N[C@@H](CC(C)C)C(=O)N[C@@H](CC(C)C)C(=O)O. The molecule has 0 unspecified atom stereocenters. The molecule has 22 heavy (non-hydrogen) atoms. The molecule has 0 aliphatic carbocycles. The van der Waals surface area contributed by atoms with Crippen molar-refractivity contribution in [2.45, 2.75) is 72.4 Å². The Morgan fingerprint density at radius 3 is 1.82 bits per heavy atom. The number of carboxylic acids is 1. The average molecular weight is 314 g/mol. The molecule has 0 aromatic heterocycles. The van der Waals surface area contributed by atoms with Crippen LogP contribution in [0.5, 0.6) is 0 Å². The molecular formula is C16H30N2O4. The lowest BCUT2D eigenvalue weighted by atomic mass is 10.0. The lowest BCUT2D eigenvalue weighted by Gasteiger charge is -2.23. The summed E-state index contributed by atoms with van der Waals surface area (Å²) in [6.45, 7) is 9.59. The van der Waals surface area contributed by atoms with Gasteiger partial charge in [0.2, 0.25) is 11.8 Å². The van der Waals surface area contributed by atoms with Crippen molar-refractivity contribution in [3.63, 3.8) is 0 Å². The first-order chi connectivity index (χ1) is 10.2. The summed E-state index contributed by atoms with van der Waals surface area (Å²) in [5, 5.41) is 14.4. The van der Waals surface area contributed by atoms with Gasteiger partial charge in [0.15, 0.2) is 0 Å². The minimum absolute atomic E-state index is 0.152. The first-order valence-electron chi connectivity index (χ1n) is 7.99. The summed E-state index contributed by atoms with van der Waals surface area (Å²) in [4.78, 5) is 35.3. The Bertz CT molecular complexity index is 380. The van der Waals surface area contributed by atoms with E-state index in [2.05, 4.69) is 10.6 Å². The van der Waals surface area contributed by atoms with E-state index in [1.165, 1.54) is 0 Å². The number of nitrogens with one attached hydrogen (secondary N) is 2. The van der Waals surface area contributed by atoms with Crippen LogP contribution in [-0.4, -0.2) is 35.0 Å². The summed E-state index contributed by atoms with van der Waals surface area (Å²) in [6.07, 6.45) is 1.90. The summed E-state index contributed by atoms with van der Waals surface area (Å²) in [7, 11) is 0. The monoisotopic (exact) mass is 314 g/mol. The third kappa shape index (κ3) is 8.64. The van der Waals surface area contributed by atoms with Crippen LogP contribution < -0.4 is 10.6 Å². The highest BCUT2D eigenvalue weighted by molar-refractivity contribution is 5.90. The van der Waals surface area contributed by atoms with E-state index in [1.54, 1.807) is 0 Å². The zero-order valence-electron chi connectivity index (χ0n) is 14.3. The van der Waals surface area contributed by atoms with Crippen molar-refractivity contribution in [2.75, 3.05) is 0 Å². The molecule has 0 aliphatic heterocycles. The maximum atomic E-state index is 12.3.